The first-order valence-corrected chi connectivity index (χ1v) is 28.1. The minimum atomic E-state index is -0.451. The van der Waals surface area contributed by atoms with Crippen molar-refractivity contribution in [1.29, 1.82) is 15.8 Å². The van der Waals surface area contributed by atoms with Gasteiger partial charge in [-0.1, -0.05) is 91.0 Å². The Morgan fingerprint density at radius 2 is 0.663 bits per heavy atom. The van der Waals surface area contributed by atoms with Crippen LogP contribution in [0.2, 0.25) is 0 Å². The van der Waals surface area contributed by atoms with Gasteiger partial charge in [0.2, 0.25) is 0 Å². The number of benzene rings is 9. The summed E-state index contributed by atoms with van der Waals surface area (Å²) in [7, 11) is 0. The van der Waals surface area contributed by atoms with Crippen LogP contribution in [0.5, 0.6) is 0 Å². The maximum atomic E-state index is 10.7. The van der Waals surface area contributed by atoms with Gasteiger partial charge in [-0.15, -0.1) is 0 Å². The fourth-order valence-electron chi connectivity index (χ4n) is 8.71. The Bertz CT molecular complexity index is 3930. The summed E-state index contributed by atoms with van der Waals surface area (Å²) in [6.45, 7) is 6.13. The van der Waals surface area contributed by atoms with Crippen LogP contribution in [0.1, 0.15) is 41.5 Å². The predicted octanol–water partition coefficient (Wildman–Crippen LogP) is 18.1. The molecule has 0 heterocycles. The van der Waals surface area contributed by atoms with E-state index < -0.39 is 14.8 Å². The molecule has 0 bridgehead atoms. The Kier molecular flexibility index (Phi) is 25.0. The van der Waals surface area contributed by atoms with E-state index in [0.29, 0.717) is 80.4 Å². The van der Waals surface area contributed by atoms with Crippen LogP contribution >= 0.6 is 0 Å². The van der Waals surface area contributed by atoms with Gasteiger partial charge in [0.05, 0.1) is 86.4 Å². The Balaban J connectivity index is 0.000000190. The average molecular weight is 1180 g/mol. The van der Waals surface area contributed by atoms with Gasteiger partial charge in [-0.05, 0) is 139 Å². The maximum absolute atomic E-state index is 10.7. The van der Waals surface area contributed by atoms with E-state index in [4.69, 9.17) is 15.8 Å². The van der Waals surface area contributed by atoms with Gasteiger partial charge in [0.25, 0.3) is 17.1 Å². The number of hydrogen-bond donors (Lipinski definition) is 0. The zero-order chi connectivity index (χ0) is 63.0. The fourth-order valence-corrected chi connectivity index (χ4v) is 8.71. The molecule has 0 aliphatic carbocycles. The summed E-state index contributed by atoms with van der Waals surface area (Å²) in [6.07, 6.45) is 2.23. The number of nitrogens with zero attached hydrogens (tertiary/aromatic N) is 15. The Hall–Kier alpha value is -12.2. The van der Waals surface area contributed by atoms with Gasteiger partial charge in [0.1, 0.15) is 0 Å². The van der Waals surface area contributed by atoms with Gasteiger partial charge >= 0.3 is 0 Å². The second-order valence-corrected chi connectivity index (χ2v) is 19.7. The lowest BCUT2D eigenvalue weighted by atomic mass is 10.1. The number of rotatable bonds is 25. The van der Waals surface area contributed by atoms with E-state index in [2.05, 4.69) is 100.0 Å². The Morgan fingerprint density at radius 1 is 0.360 bits per heavy atom. The summed E-state index contributed by atoms with van der Waals surface area (Å²) in [4.78, 5) is 37.3. The first kappa shape index (κ1) is 64.4. The van der Waals surface area contributed by atoms with E-state index in [9.17, 15) is 30.3 Å². The molecule has 89 heavy (non-hydrogen) atoms. The van der Waals surface area contributed by atoms with E-state index in [1.54, 1.807) is 36.4 Å². The van der Waals surface area contributed by atoms with Gasteiger partial charge in [0.15, 0.2) is 0 Å². The van der Waals surface area contributed by atoms with Crippen LogP contribution in [0.3, 0.4) is 0 Å². The number of azo groups is 3. The smallest absolute Gasteiger partial charge is 0.269 e. The third-order valence-electron chi connectivity index (χ3n) is 13.4. The van der Waals surface area contributed by atoms with E-state index in [0.717, 1.165) is 41.3 Å². The normalized spacial score (nSPS) is 10.6. The average Bonchev–Trinajstić information content (AvgIpc) is 3.59. The second kappa shape index (κ2) is 34.6. The summed E-state index contributed by atoms with van der Waals surface area (Å²) in [5.41, 5.74) is 11.4. The monoisotopic (exact) mass is 1180 g/mol. The number of aryl methyl sites for hydroxylation is 1. The third-order valence-corrected chi connectivity index (χ3v) is 13.4. The molecule has 0 aliphatic rings. The van der Waals surface area contributed by atoms with Crippen molar-refractivity contribution in [3.05, 3.63) is 283 Å². The molecule has 0 unspecified atom stereocenters. The molecule has 0 atom stereocenters. The van der Waals surface area contributed by atoms with Crippen molar-refractivity contribution in [2.45, 2.75) is 45.7 Å². The molecule has 9 rings (SSSR count). The van der Waals surface area contributed by atoms with Crippen molar-refractivity contribution in [1.82, 2.24) is 0 Å². The molecule has 0 aliphatic heterocycles. The molecule has 21 nitrogen and oxygen atoms in total. The van der Waals surface area contributed by atoms with Crippen LogP contribution in [-0.4, -0.2) is 40.9 Å². The second-order valence-electron chi connectivity index (χ2n) is 19.7. The fraction of sp³-hybridized carbons (Fsp3) is 0.162. The third kappa shape index (κ3) is 21.5. The van der Waals surface area contributed by atoms with E-state index in [-0.39, 0.29) is 17.1 Å². The number of non-ortho nitro benzene ring substituents is 3. The topological polar surface area (TPSA) is 285 Å². The molecule has 9 aromatic rings. The minimum absolute atomic E-state index is 0.0178. The maximum Gasteiger partial charge on any atom is 0.269 e. The van der Waals surface area contributed by atoms with Crippen molar-refractivity contribution < 1.29 is 14.8 Å². The number of nitro groups is 3. The molecule has 9 aromatic carbocycles. The lowest BCUT2D eigenvalue weighted by Gasteiger charge is -2.24. The highest BCUT2D eigenvalue weighted by Gasteiger charge is 2.13. The Morgan fingerprint density at radius 3 is 1.01 bits per heavy atom. The first-order chi connectivity index (χ1) is 43.4. The SMILES string of the molecule is Cc1cc(N(CCC#N)Cc2ccccc2)ccc1N=Nc1ccc([N+](=O)[O-])cc1.N#CCCN(CCc1ccccc1)c1ccc(N=Nc2ccc([N+](=O)[O-])cc2)cc1.N#CCCN(Cc1ccccc1)c1ccc(N=Nc2ccc([N+](=O)[O-])cc2)cc1. The van der Waals surface area contributed by atoms with Gasteiger partial charge in [0, 0.05) is 92.7 Å². The molecular weight excluding hydrogens is 1120 g/mol. The highest BCUT2D eigenvalue weighted by molar-refractivity contribution is 5.59. The van der Waals surface area contributed by atoms with Gasteiger partial charge in [-0.3, -0.25) is 30.3 Å². The lowest BCUT2D eigenvalue weighted by Crippen LogP contribution is -2.26. The van der Waals surface area contributed by atoms with Crippen molar-refractivity contribution >= 4 is 68.2 Å². The molecule has 21 heteroatoms. The molecule has 0 fully saturated rings. The van der Waals surface area contributed by atoms with Gasteiger partial charge in [-0.2, -0.15) is 46.5 Å². The molecule has 0 radical (unpaired) electrons. The van der Waals surface area contributed by atoms with Crippen LogP contribution in [0.15, 0.2) is 261 Å². The van der Waals surface area contributed by atoms with Gasteiger partial charge in [-0.25, -0.2) is 0 Å². The zero-order valence-corrected chi connectivity index (χ0v) is 48.7. The number of hydrogen-bond acceptors (Lipinski definition) is 18. The molecule has 0 saturated carbocycles. The van der Waals surface area contributed by atoms with Crippen LogP contribution in [0, 0.1) is 71.3 Å². The zero-order valence-electron chi connectivity index (χ0n) is 48.7. The quantitative estimate of drug-likeness (QED) is 0.0293. The minimum Gasteiger partial charge on any atom is -0.370 e. The highest BCUT2D eigenvalue weighted by atomic mass is 16.6. The molecule has 0 N–H and O–H groups in total. The summed E-state index contributed by atoms with van der Waals surface area (Å²) in [5, 5.41) is 84.1. The van der Waals surface area contributed by atoms with E-state index >= 15 is 0 Å². The molecular formula is C68H61N15O6. The molecule has 0 spiro atoms. The molecule has 0 amide bonds. The van der Waals surface area contributed by atoms with Crippen LogP contribution in [0.25, 0.3) is 0 Å². The van der Waals surface area contributed by atoms with E-state index in [1.165, 1.54) is 53.1 Å². The molecule has 0 aromatic heterocycles. The number of nitriles is 3. The van der Waals surface area contributed by atoms with Crippen molar-refractivity contribution in [2.24, 2.45) is 30.7 Å². The van der Waals surface area contributed by atoms with Crippen LogP contribution in [-0.2, 0) is 19.5 Å². The predicted molar refractivity (Wildman–Crippen MR) is 344 cm³/mol. The standard InChI is InChI=1S/2C23H21N5O2.C22H19N5O2/c1-18-16-22(27(15-5-14-24)17-19-6-3-2-4-7-19)12-13-23(18)26-25-20-8-10-21(11-9-20)28(29)30;24-16-4-17-27(18-15-19-5-2-1-3-6-19)22-11-7-20(8-12-22)25-26-21-9-13-23(14-10-21)28(29)30;23-15-4-16-26(17-18-5-2-1-3-6-18)21-11-7-19(8-12-21)24-25-20-9-13-22(14-10-20)27(28)29/h2-4,6-13,16H,5,15,17H2,1H3;1-3,5-14H,4,15,17-18H2;1-3,5-14H,4,16-17H2. The molecule has 0 saturated heterocycles. The summed E-state index contributed by atoms with van der Waals surface area (Å²) in [6, 6.07) is 76.0. The first-order valence-electron chi connectivity index (χ1n) is 28.1. The number of anilines is 3. The number of nitro benzene ring substituents is 3. The van der Waals surface area contributed by atoms with Gasteiger partial charge < -0.3 is 14.7 Å². The summed E-state index contributed by atoms with van der Waals surface area (Å²) >= 11 is 0. The van der Waals surface area contributed by atoms with Crippen molar-refractivity contribution in [2.75, 3.05) is 40.9 Å². The Labute approximate surface area is 515 Å². The van der Waals surface area contributed by atoms with Crippen molar-refractivity contribution in [3.8, 4) is 18.2 Å². The summed E-state index contributed by atoms with van der Waals surface area (Å²) in [5.74, 6) is 0. The molecule has 444 valence electrons. The van der Waals surface area contributed by atoms with E-state index in [1.807, 2.05) is 128 Å². The highest BCUT2D eigenvalue weighted by Crippen LogP contribution is 2.30. The van der Waals surface area contributed by atoms with Crippen LogP contribution < -0.4 is 14.7 Å². The lowest BCUT2D eigenvalue weighted by molar-refractivity contribution is -0.385. The summed E-state index contributed by atoms with van der Waals surface area (Å²) < 4.78 is 0. The van der Waals surface area contributed by atoms with Crippen LogP contribution in [0.4, 0.5) is 68.2 Å². The largest absolute Gasteiger partial charge is 0.370 e. The van der Waals surface area contributed by atoms with Crippen molar-refractivity contribution in [3.63, 3.8) is 0 Å².